The SMILES string of the molecule is CC1CC(C)(C)CC1NN1CCN(C)CC1. The second-order valence-electron chi connectivity index (χ2n) is 6.58. The van der Waals surface area contributed by atoms with E-state index in [1.54, 1.807) is 0 Å². The zero-order chi connectivity index (χ0) is 11.8. The fraction of sp³-hybridized carbons (Fsp3) is 1.00. The average molecular weight is 225 g/mol. The molecule has 0 bridgehead atoms. The van der Waals surface area contributed by atoms with Gasteiger partial charge in [-0.15, -0.1) is 0 Å². The molecular formula is C13H27N3. The number of nitrogens with one attached hydrogen (secondary N) is 1. The molecule has 0 aromatic carbocycles. The van der Waals surface area contributed by atoms with Crippen molar-refractivity contribution in [1.29, 1.82) is 0 Å². The maximum atomic E-state index is 3.75. The largest absolute Gasteiger partial charge is 0.304 e. The van der Waals surface area contributed by atoms with Gasteiger partial charge in [-0.1, -0.05) is 20.8 Å². The zero-order valence-corrected chi connectivity index (χ0v) is 11.3. The molecule has 3 heteroatoms. The summed E-state index contributed by atoms with van der Waals surface area (Å²) in [5, 5.41) is 2.43. The van der Waals surface area contributed by atoms with E-state index in [4.69, 9.17) is 0 Å². The molecule has 1 aliphatic carbocycles. The number of hydrazine groups is 1. The van der Waals surface area contributed by atoms with Crippen LogP contribution in [0.15, 0.2) is 0 Å². The molecule has 0 aromatic heterocycles. The summed E-state index contributed by atoms with van der Waals surface area (Å²) in [6, 6.07) is 0.693. The number of likely N-dealkylation sites (N-methyl/N-ethyl adjacent to an activating group) is 1. The average Bonchev–Trinajstić information content (AvgIpc) is 2.44. The molecule has 3 nitrogen and oxygen atoms in total. The van der Waals surface area contributed by atoms with E-state index in [1.165, 1.54) is 39.0 Å². The van der Waals surface area contributed by atoms with E-state index in [9.17, 15) is 0 Å². The van der Waals surface area contributed by atoms with Gasteiger partial charge < -0.3 is 4.90 Å². The zero-order valence-electron chi connectivity index (χ0n) is 11.3. The van der Waals surface area contributed by atoms with Crippen molar-refractivity contribution in [2.24, 2.45) is 11.3 Å². The Labute approximate surface area is 100 Å². The monoisotopic (exact) mass is 225 g/mol. The molecule has 0 radical (unpaired) electrons. The maximum Gasteiger partial charge on any atom is 0.0259 e. The molecule has 1 aliphatic heterocycles. The lowest BCUT2D eigenvalue weighted by molar-refractivity contribution is 0.0789. The summed E-state index contributed by atoms with van der Waals surface area (Å²) >= 11 is 0. The lowest BCUT2D eigenvalue weighted by Crippen LogP contribution is -2.54. The summed E-state index contributed by atoms with van der Waals surface area (Å²) in [5.74, 6) is 0.814. The Bertz CT molecular complexity index is 231. The second-order valence-corrected chi connectivity index (χ2v) is 6.58. The Morgan fingerprint density at radius 2 is 1.69 bits per heavy atom. The Morgan fingerprint density at radius 3 is 2.19 bits per heavy atom. The van der Waals surface area contributed by atoms with Crippen molar-refractivity contribution in [1.82, 2.24) is 15.3 Å². The van der Waals surface area contributed by atoms with Gasteiger partial charge >= 0.3 is 0 Å². The highest BCUT2D eigenvalue weighted by Gasteiger charge is 2.37. The highest BCUT2D eigenvalue weighted by atomic mass is 15.5. The predicted molar refractivity (Wildman–Crippen MR) is 68.2 cm³/mol. The smallest absolute Gasteiger partial charge is 0.0259 e. The second kappa shape index (κ2) is 4.63. The van der Waals surface area contributed by atoms with Crippen LogP contribution in [-0.4, -0.2) is 49.2 Å². The summed E-state index contributed by atoms with van der Waals surface area (Å²) in [6.45, 7) is 11.9. The van der Waals surface area contributed by atoms with E-state index in [1.807, 2.05) is 0 Å². The Morgan fingerprint density at radius 1 is 1.06 bits per heavy atom. The summed E-state index contributed by atoms with van der Waals surface area (Å²) < 4.78 is 0. The molecule has 0 spiro atoms. The lowest BCUT2D eigenvalue weighted by Gasteiger charge is -2.35. The third kappa shape index (κ3) is 2.96. The minimum Gasteiger partial charge on any atom is -0.304 e. The van der Waals surface area contributed by atoms with Crippen LogP contribution in [0, 0.1) is 11.3 Å². The van der Waals surface area contributed by atoms with E-state index < -0.39 is 0 Å². The first kappa shape index (κ1) is 12.3. The molecule has 2 atom stereocenters. The van der Waals surface area contributed by atoms with Crippen LogP contribution in [0.1, 0.15) is 33.6 Å². The van der Waals surface area contributed by atoms with Crippen LogP contribution >= 0.6 is 0 Å². The molecule has 2 aliphatic rings. The van der Waals surface area contributed by atoms with Gasteiger partial charge in [-0.3, -0.25) is 5.43 Å². The number of hydrogen-bond donors (Lipinski definition) is 1. The van der Waals surface area contributed by atoms with Gasteiger partial charge in [-0.2, -0.15) is 0 Å². The molecule has 2 rings (SSSR count). The van der Waals surface area contributed by atoms with E-state index >= 15 is 0 Å². The molecule has 1 saturated heterocycles. The minimum atomic E-state index is 0.531. The van der Waals surface area contributed by atoms with Crippen LogP contribution in [0.25, 0.3) is 0 Å². The van der Waals surface area contributed by atoms with E-state index in [0.717, 1.165) is 5.92 Å². The van der Waals surface area contributed by atoms with Crippen molar-refractivity contribution in [2.45, 2.75) is 39.7 Å². The minimum absolute atomic E-state index is 0.531. The molecule has 0 aromatic rings. The third-order valence-corrected chi connectivity index (χ3v) is 4.19. The number of hydrogen-bond acceptors (Lipinski definition) is 3. The van der Waals surface area contributed by atoms with Gasteiger partial charge in [0.2, 0.25) is 0 Å². The number of piperazine rings is 1. The molecule has 1 N–H and O–H groups in total. The summed E-state index contributed by atoms with van der Waals surface area (Å²) in [7, 11) is 2.21. The van der Waals surface area contributed by atoms with Crippen LogP contribution in [0.5, 0.6) is 0 Å². The third-order valence-electron chi connectivity index (χ3n) is 4.19. The number of rotatable bonds is 2. The molecule has 16 heavy (non-hydrogen) atoms. The van der Waals surface area contributed by atoms with Crippen molar-refractivity contribution >= 4 is 0 Å². The van der Waals surface area contributed by atoms with Gasteiger partial charge in [0.1, 0.15) is 0 Å². The van der Waals surface area contributed by atoms with Crippen molar-refractivity contribution < 1.29 is 0 Å². The van der Waals surface area contributed by atoms with Crippen LogP contribution in [-0.2, 0) is 0 Å². The first-order valence-electron chi connectivity index (χ1n) is 6.66. The van der Waals surface area contributed by atoms with Gasteiger partial charge in [-0.05, 0) is 31.2 Å². The van der Waals surface area contributed by atoms with Gasteiger partial charge in [-0.25, -0.2) is 5.01 Å². The lowest BCUT2D eigenvalue weighted by atomic mass is 9.91. The van der Waals surface area contributed by atoms with Crippen LogP contribution in [0.3, 0.4) is 0 Å². The molecular weight excluding hydrogens is 198 g/mol. The molecule has 2 fully saturated rings. The fourth-order valence-electron chi connectivity index (χ4n) is 3.24. The molecule has 1 saturated carbocycles. The highest BCUT2D eigenvalue weighted by Crippen LogP contribution is 2.40. The summed E-state index contributed by atoms with van der Waals surface area (Å²) in [5.41, 5.74) is 4.28. The number of nitrogens with zero attached hydrogens (tertiary/aromatic N) is 2. The maximum absolute atomic E-state index is 3.75. The van der Waals surface area contributed by atoms with E-state index in [2.05, 4.69) is 43.2 Å². The van der Waals surface area contributed by atoms with Crippen molar-refractivity contribution in [3.63, 3.8) is 0 Å². The van der Waals surface area contributed by atoms with Gasteiger partial charge in [0.25, 0.3) is 0 Å². The first-order chi connectivity index (χ1) is 7.46. The van der Waals surface area contributed by atoms with Gasteiger partial charge in [0.15, 0.2) is 0 Å². The van der Waals surface area contributed by atoms with E-state index in [0.29, 0.717) is 11.5 Å². The predicted octanol–water partition coefficient (Wildman–Crippen LogP) is 1.56. The Hall–Kier alpha value is -0.120. The topological polar surface area (TPSA) is 18.5 Å². The molecule has 94 valence electrons. The fourth-order valence-corrected chi connectivity index (χ4v) is 3.24. The van der Waals surface area contributed by atoms with Crippen LogP contribution < -0.4 is 5.43 Å². The Balaban J connectivity index is 1.82. The molecule has 0 amide bonds. The normalized spacial score (nSPS) is 36.8. The van der Waals surface area contributed by atoms with Crippen LogP contribution in [0.4, 0.5) is 0 Å². The van der Waals surface area contributed by atoms with Crippen molar-refractivity contribution in [3.05, 3.63) is 0 Å². The van der Waals surface area contributed by atoms with Crippen LogP contribution in [0.2, 0.25) is 0 Å². The van der Waals surface area contributed by atoms with Gasteiger partial charge in [0.05, 0.1) is 0 Å². The van der Waals surface area contributed by atoms with Gasteiger partial charge in [0, 0.05) is 32.2 Å². The standard InChI is InChI=1S/C13H27N3/c1-11-9-13(2,3)10-12(11)14-16-7-5-15(4)6-8-16/h11-12,14H,5-10H2,1-4H3. The molecule has 1 heterocycles. The highest BCUT2D eigenvalue weighted by molar-refractivity contribution is 4.90. The van der Waals surface area contributed by atoms with Crippen molar-refractivity contribution in [2.75, 3.05) is 33.2 Å². The first-order valence-corrected chi connectivity index (χ1v) is 6.66. The van der Waals surface area contributed by atoms with Crippen molar-refractivity contribution in [3.8, 4) is 0 Å². The van der Waals surface area contributed by atoms with E-state index in [-0.39, 0.29) is 0 Å². The summed E-state index contributed by atoms with van der Waals surface area (Å²) in [6.07, 6.45) is 2.68. The molecule has 2 unspecified atom stereocenters. The Kier molecular flexibility index (Phi) is 3.57. The quantitative estimate of drug-likeness (QED) is 0.769. The summed E-state index contributed by atoms with van der Waals surface area (Å²) in [4.78, 5) is 2.40.